The lowest BCUT2D eigenvalue weighted by atomic mass is 10.0. The number of guanidine groups is 1. The first-order chi connectivity index (χ1) is 6.75. The second kappa shape index (κ2) is 3.96. The van der Waals surface area contributed by atoms with Crippen LogP contribution in [0.4, 0.5) is 0 Å². The van der Waals surface area contributed by atoms with Gasteiger partial charge in [0.05, 0.1) is 0 Å². The SMILES string of the molecule is NC(N)=N/N=C1/CCN2CCCC2C1. The molecule has 5 heteroatoms. The van der Waals surface area contributed by atoms with Gasteiger partial charge in [-0.25, -0.2) is 0 Å². The summed E-state index contributed by atoms with van der Waals surface area (Å²) in [6.07, 6.45) is 4.66. The van der Waals surface area contributed by atoms with E-state index in [4.69, 9.17) is 11.5 Å². The van der Waals surface area contributed by atoms with Crippen molar-refractivity contribution < 1.29 is 0 Å². The minimum Gasteiger partial charge on any atom is -0.369 e. The van der Waals surface area contributed by atoms with E-state index >= 15 is 0 Å². The molecule has 78 valence electrons. The minimum absolute atomic E-state index is 0.0475. The van der Waals surface area contributed by atoms with Crippen LogP contribution >= 0.6 is 0 Å². The summed E-state index contributed by atoms with van der Waals surface area (Å²) >= 11 is 0. The van der Waals surface area contributed by atoms with E-state index in [1.54, 1.807) is 0 Å². The van der Waals surface area contributed by atoms with Crippen LogP contribution in [-0.2, 0) is 0 Å². The first-order valence-corrected chi connectivity index (χ1v) is 5.14. The zero-order valence-electron chi connectivity index (χ0n) is 8.32. The topological polar surface area (TPSA) is 80.0 Å². The molecule has 2 aliphatic heterocycles. The molecule has 1 atom stereocenters. The van der Waals surface area contributed by atoms with Crippen LogP contribution in [0.3, 0.4) is 0 Å². The summed E-state index contributed by atoms with van der Waals surface area (Å²) in [7, 11) is 0. The largest absolute Gasteiger partial charge is 0.369 e. The van der Waals surface area contributed by atoms with Gasteiger partial charge in [-0.15, -0.1) is 5.10 Å². The Bertz CT molecular complexity index is 266. The fraction of sp³-hybridized carbons (Fsp3) is 0.778. The zero-order valence-corrected chi connectivity index (χ0v) is 8.32. The highest BCUT2D eigenvalue weighted by Gasteiger charge is 2.29. The number of hydrogen-bond donors (Lipinski definition) is 2. The molecule has 14 heavy (non-hydrogen) atoms. The van der Waals surface area contributed by atoms with Crippen molar-refractivity contribution in [1.29, 1.82) is 0 Å². The molecule has 0 bridgehead atoms. The second-order valence-corrected chi connectivity index (χ2v) is 3.98. The lowest BCUT2D eigenvalue weighted by Crippen LogP contribution is -2.38. The maximum atomic E-state index is 5.23. The number of fused-ring (bicyclic) bond motifs is 1. The van der Waals surface area contributed by atoms with Crippen LogP contribution in [0, 0.1) is 0 Å². The number of rotatable bonds is 1. The molecule has 1 unspecified atom stereocenters. The van der Waals surface area contributed by atoms with Crippen molar-refractivity contribution in [3.8, 4) is 0 Å². The monoisotopic (exact) mass is 195 g/mol. The van der Waals surface area contributed by atoms with Gasteiger partial charge >= 0.3 is 0 Å². The smallest absolute Gasteiger partial charge is 0.211 e. The highest BCUT2D eigenvalue weighted by Crippen LogP contribution is 2.25. The third-order valence-electron chi connectivity index (χ3n) is 2.96. The average molecular weight is 195 g/mol. The van der Waals surface area contributed by atoms with Crippen molar-refractivity contribution in [3.05, 3.63) is 0 Å². The van der Waals surface area contributed by atoms with Crippen molar-refractivity contribution in [2.24, 2.45) is 21.7 Å². The molecule has 0 spiro atoms. The third-order valence-corrected chi connectivity index (χ3v) is 2.96. The Labute approximate surface area is 83.8 Å². The molecule has 2 fully saturated rings. The molecule has 2 heterocycles. The standard InChI is InChI=1S/C9H17N5/c10-9(11)13-12-7-3-5-14-4-1-2-8(14)6-7/h8H,1-6H2,(H4,10,11,13)/b12-7-. The van der Waals surface area contributed by atoms with Gasteiger partial charge in [-0.1, -0.05) is 0 Å². The van der Waals surface area contributed by atoms with Gasteiger partial charge in [0, 0.05) is 31.1 Å². The van der Waals surface area contributed by atoms with Gasteiger partial charge in [-0.3, -0.25) is 4.90 Å². The Morgan fingerprint density at radius 3 is 3.00 bits per heavy atom. The summed E-state index contributed by atoms with van der Waals surface area (Å²) in [6.45, 7) is 2.36. The van der Waals surface area contributed by atoms with Crippen LogP contribution in [0.5, 0.6) is 0 Å². The molecular formula is C9H17N5. The van der Waals surface area contributed by atoms with E-state index in [2.05, 4.69) is 15.1 Å². The van der Waals surface area contributed by atoms with E-state index in [1.165, 1.54) is 19.4 Å². The zero-order chi connectivity index (χ0) is 9.97. The first kappa shape index (κ1) is 9.45. The summed E-state index contributed by atoms with van der Waals surface area (Å²) in [5.41, 5.74) is 11.6. The molecule has 0 aromatic heterocycles. The van der Waals surface area contributed by atoms with Crippen molar-refractivity contribution in [3.63, 3.8) is 0 Å². The molecule has 0 radical (unpaired) electrons. The summed E-state index contributed by atoms with van der Waals surface area (Å²) in [5.74, 6) is 0.0475. The third kappa shape index (κ3) is 2.04. The maximum Gasteiger partial charge on any atom is 0.211 e. The Morgan fingerprint density at radius 1 is 1.36 bits per heavy atom. The molecule has 0 amide bonds. The fourth-order valence-electron chi connectivity index (χ4n) is 2.29. The Hall–Kier alpha value is -1.10. The summed E-state index contributed by atoms with van der Waals surface area (Å²) in [6, 6.07) is 0.691. The molecule has 0 aromatic rings. The Morgan fingerprint density at radius 2 is 2.21 bits per heavy atom. The molecule has 0 saturated carbocycles. The average Bonchev–Trinajstić information content (AvgIpc) is 2.61. The number of piperidine rings is 1. The molecule has 2 aliphatic rings. The molecule has 0 aromatic carbocycles. The molecule has 4 N–H and O–H groups in total. The Kier molecular flexibility index (Phi) is 2.67. The van der Waals surface area contributed by atoms with Gasteiger partial charge in [0.1, 0.15) is 0 Å². The summed E-state index contributed by atoms with van der Waals surface area (Å²) in [4.78, 5) is 2.54. The molecular weight excluding hydrogens is 178 g/mol. The van der Waals surface area contributed by atoms with E-state index in [0.29, 0.717) is 6.04 Å². The van der Waals surface area contributed by atoms with Crippen LogP contribution in [0.2, 0.25) is 0 Å². The number of nitrogens with two attached hydrogens (primary N) is 2. The predicted octanol–water partition coefficient (Wildman–Crippen LogP) is -0.126. The van der Waals surface area contributed by atoms with Gasteiger partial charge in [0.25, 0.3) is 0 Å². The number of nitrogens with zero attached hydrogens (tertiary/aromatic N) is 3. The van der Waals surface area contributed by atoms with E-state index in [-0.39, 0.29) is 5.96 Å². The van der Waals surface area contributed by atoms with Crippen LogP contribution in [-0.4, -0.2) is 35.7 Å². The van der Waals surface area contributed by atoms with Gasteiger partial charge < -0.3 is 11.5 Å². The van der Waals surface area contributed by atoms with Crippen molar-refractivity contribution in [2.45, 2.75) is 31.7 Å². The van der Waals surface area contributed by atoms with Gasteiger partial charge in [-0.05, 0) is 19.4 Å². The van der Waals surface area contributed by atoms with Crippen LogP contribution in [0.1, 0.15) is 25.7 Å². The fourth-order valence-corrected chi connectivity index (χ4v) is 2.29. The van der Waals surface area contributed by atoms with Crippen molar-refractivity contribution in [2.75, 3.05) is 13.1 Å². The molecule has 2 rings (SSSR count). The first-order valence-electron chi connectivity index (χ1n) is 5.14. The van der Waals surface area contributed by atoms with E-state index in [9.17, 15) is 0 Å². The quantitative estimate of drug-likeness (QED) is 0.347. The lowest BCUT2D eigenvalue weighted by Gasteiger charge is -2.29. The van der Waals surface area contributed by atoms with E-state index in [1.807, 2.05) is 0 Å². The number of hydrogen-bond acceptors (Lipinski definition) is 3. The van der Waals surface area contributed by atoms with Crippen LogP contribution in [0.25, 0.3) is 0 Å². The summed E-state index contributed by atoms with van der Waals surface area (Å²) in [5, 5.41) is 7.78. The van der Waals surface area contributed by atoms with Crippen LogP contribution in [0.15, 0.2) is 10.2 Å². The van der Waals surface area contributed by atoms with Gasteiger partial charge in [0.2, 0.25) is 5.96 Å². The van der Waals surface area contributed by atoms with Crippen LogP contribution < -0.4 is 11.5 Å². The van der Waals surface area contributed by atoms with E-state index < -0.39 is 0 Å². The predicted molar refractivity (Wildman–Crippen MR) is 57.1 cm³/mol. The highest BCUT2D eigenvalue weighted by molar-refractivity contribution is 5.87. The minimum atomic E-state index is 0.0475. The van der Waals surface area contributed by atoms with Gasteiger partial charge in [-0.2, -0.15) is 5.10 Å². The highest BCUT2D eigenvalue weighted by atomic mass is 15.3. The van der Waals surface area contributed by atoms with Crippen molar-refractivity contribution >= 4 is 11.7 Å². The maximum absolute atomic E-state index is 5.23. The summed E-state index contributed by atoms with van der Waals surface area (Å²) < 4.78 is 0. The molecule has 2 saturated heterocycles. The lowest BCUT2D eigenvalue weighted by molar-refractivity contribution is 0.249. The Balaban J connectivity index is 1.97. The normalized spacial score (nSPS) is 30.3. The molecule has 5 nitrogen and oxygen atoms in total. The van der Waals surface area contributed by atoms with E-state index in [0.717, 1.165) is 25.1 Å². The molecule has 0 aliphatic carbocycles. The van der Waals surface area contributed by atoms with Gasteiger partial charge in [0.15, 0.2) is 0 Å². The van der Waals surface area contributed by atoms with Crippen molar-refractivity contribution in [1.82, 2.24) is 4.90 Å². The second-order valence-electron chi connectivity index (χ2n) is 3.98.